The van der Waals surface area contributed by atoms with Gasteiger partial charge < -0.3 is 20.0 Å². The largest absolute Gasteiger partial charge is 0.481 e. The number of carboxylic acids is 1. The average Bonchev–Trinajstić information content (AvgIpc) is 3.25. The van der Waals surface area contributed by atoms with E-state index in [4.69, 9.17) is 9.57 Å². The van der Waals surface area contributed by atoms with Gasteiger partial charge >= 0.3 is 5.97 Å². The average molecular weight is 571 g/mol. The maximum Gasteiger partial charge on any atom is 0.305 e. The van der Waals surface area contributed by atoms with Crippen LogP contribution in [0.1, 0.15) is 105 Å². The molecule has 0 bridgehead atoms. The Hall–Kier alpha value is -2.22. The van der Waals surface area contributed by atoms with E-state index in [0.29, 0.717) is 36.6 Å². The predicted octanol–water partition coefficient (Wildman–Crippen LogP) is 5.69. The van der Waals surface area contributed by atoms with Crippen molar-refractivity contribution >= 4 is 23.4 Å². The van der Waals surface area contributed by atoms with Gasteiger partial charge in [-0.2, -0.15) is 0 Å². The number of nitrogens with one attached hydrogen (secondary N) is 1. The summed E-state index contributed by atoms with van der Waals surface area (Å²) in [6, 6.07) is -0.463. The van der Waals surface area contributed by atoms with Gasteiger partial charge in [-0.25, -0.2) is 0 Å². The molecule has 1 saturated heterocycles. The lowest BCUT2D eigenvalue weighted by molar-refractivity contribution is -0.140. The Morgan fingerprint density at radius 3 is 2.56 bits per heavy atom. The molecular weight excluding hydrogens is 520 g/mol. The Labute approximate surface area is 245 Å². The topological polar surface area (TPSA) is 114 Å². The molecule has 8 heteroatoms. The third-order valence-corrected chi connectivity index (χ3v) is 11.9. The molecule has 4 aliphatic carbocycles. The van der Waals surface area contributed by atoms with Gasteiger partial charge in [0.2, 0.25) is 0 Å². The zero-order valence-electron chi connectivity index (χ0n) is 25.7. The molecule has 2 N–H and O–H groups in total. The van der Waals surface area contributed by atoms with E-state index in [0.717, 1.165) is 44.2 Å². The highest BCUT2D eigenvalue weighted by molar-refractivity contribution is 5.96. The molecule has 1 heterocycles. The number of ketones is 1. The Bertz CT molecular complexity index is 1110. The molecule has 0 aromatic carbocycles. The van der Waals surface area contributed by atoms with Crippen molar-refractivity contribution in [1.82, 2.24) is 5.32 Å². The lowest BCUT2D eigenvalue weighted by atomic mass is 9.46. The minimum Gasteiger partial charge on any atom is -0.481 e. The first-order valence-electron chi connectivity index (χ1n) is 15.9. The zero-order chi connectivity index (χ0) is 29.6. The Morgan fingerprint density at radius 1 is 1.07 bits per heavy atom. The van der Waals surface area contributed by atoms with Crippen LogP contribution >= 0.6 is 0 Å². The molecule has 4 fully saturated rings. The van der Waals surface area contributed by atoms with E-state index < -0.39 is 12.0 Å². The van der Waals surface area contributed by atoms with E-state index in [9.17, 15) is 19.5 Å². The van der Waals surface area contributed by atoms with E-state index in [1.165, 1.54) is 24.8 Å². The summed E-state index contributed by atoms with van der Waals surface area (Å²) in [5.41, 5.74) is 2.35. The van der Waals surface area contributed by atoms with E-state index >= 15 is 0 Å². The van der Waals surface area contributed by atoms with Gasteiger partial charge in [-0.1, -0.05) is 24.6 Å². The first-order valence-corrected chi connectivity index (χ1v) is 15.9. The quantitative estimate of drug-likeness (QED) is 0.362. The number of carbonyl (C=O) groups is 3. The van der Waals surface area contributed by atoms with Crippen molar-refractivity contribution in [2.75, 3.05) is 13.2 Å². The number of hydrogen-bond donors (Lipinski definition) is 2. The molecule has 5 rings (SSSR count). The minimum absolute atomic E-state index is 0.0382. The highest BCUT2D eigenvalue weighted by atomic mass is 16.6. The number of rotatable bonds is 8. The van der Waals surface area contributed by atoms with Crippen LogP contribution in [0.5, 0.6) is 0 Å². The maximum absolute atomic E-state index is 12.7. The number of carbonyl (C=O) groups excluding carboxylic acids is 2. The van der Waals surface area contributed by atoms with Crippen molar-refractivity contribution < 1.29 is 29.1 Å². The van der Waals surface area contributed by atoms with Crippen molar-refractivity contribution in [2.45, 2.75) is 117 Å². The van der Waals surface area contributed by atoms with Crippen LogP contribution in [-0.2, 0) is 24.0 Å². The number of carboxylic acid groups (broad SMARTS) is 1. The van der Waals surface area contributed by atoms with Crippen molar-refractivity contribution in [3.63, 3.8) is 0 Å². The van der Waals surface area contributed by atoms with E-state index in [1.807, 2.05) is 13.8 Å². The molecule has 8 nitrogen and oxygen atoms in total. The van der Waals surface area contributed by atoms with Crippen LogP contribution in [0.4, 0.5) is 0 Å². The number of fused-ring (bicyclic) bond motifs is 5. The summed E-state index contributed by atoms with van der Waals surface area (Å²) in [6.45, 7) is 11.0. The van der Waals surface area contributed by atoms with Crippen LogP contribution in [0.2, 0.25) is 0 Å². The van der Waals surface area contributed by atoms with Gasteiger partial charge in [0.1, 0.15) is 5.78 Å². The molecule has 8 atom stereocenters. The van der Waals surface area contributed by atoms with Gasteiger partial charge in [-0.3, -0.25) is 14.4 Å². The SMILES string of the molecule is CC(=O)[C@@H]1CC[C@@H]2[C@@H]3CCC4=CC(=NOCC(=O)N[C@H](CC(=O)O)[C@H]5CCOC(C)(C)C5)CC[C@]4(C)[C@@H]3CC[C@@]21C. The highest BCUT2D eigenvalue weighted by Crippen LogP contribution is 2.66. The molecule has 0 aromatic heterocycles. The fourth-order valence-electron chi connectivity index (χ4n) is 9.88. The van der Waals surface area contributed by atoms with Crippen LogP contribution in [0.25, 0.3) is 0 Å². The fraction of sp³-hybridized carbons (Fsp3) is 0.818. The molecule has 1 amide bonds. The molecule has 0 radical (unpaired) electrons. The number of aliphatic carboxylic acids is 1. The summed E-state index contributed by atoms with van der Waals surface area (Å²) in [4.78, 5) is 42.2. The van der Waals surface area contributed by atoms with Crippen molar-refractivity contribution in [3.05, 3.63) is 11.6 Å². The van der Waals surface area contributed by atoms with E-state index in [2.05, 4.69) is 30.4 Å². The monoisotopic (exact) mass is 570 g/mol. The van der Waals surface area contributed by atoms with Crippen molar-refractivity contribution in [1.29, 1.82) is 0 Å². The van der Waals surface area contributed by atoms with Crippen molar-refractivity contribution in [3.8, 4) is 0 Å². The van der Waals surface area contributed by atoms with Crippen LogP contribution in [0.15, 0.2) is 16.8 Å². The highest BCUT2D eigenvalue weighted by Gasteiger charge is 2.59. The second-order valence-corrected chi connectivity index (χ2v) is 14.8. The summed E-state index contributed by atoms with van der Waals surface area (Å²) in [5, 5.41) is 16.7. The van der Waals surface area contributed by atoms with Crippen LogP contribution in [-0.4, -0.2) is 53.3 Å². The second-order valence-electron chi connectivity index (χ2n) is 14.8. The molecular formula is C33H50N2O6. The van der Waals surface area contributed by atoms with Gasteiger partial charge in [0.15, 0.2) is 6.61 Å². The number of allylic oxidation sites excluding steroid dienone is 2. The van der Waals surface area contributed by atoms with Gasteiger partial charge in [-0.05, 0) is 126 Å². The lowest BCUT2D eigenvalue weighted by Crippen LogP contribution is -2.51. The van der Waals surface area contributed by atoms with E-state index in [-0.39, 0.29) is 47.2 Å². The second kappa shape index (κ2) is 11.5. The Balaban J connectivity index is 1.19. The third-order valence-electron chi connectivity index (χ3n) is 11.9. The Morgan fingerprint density at radius 2 is 1.85 bits per heavy atom. The Kier molecular flexibility index (Phi) is 8.45. The normalized spacial score (nSPS) is 39.5. The number of oxime groups is 1. The fourth-order valence-corrected chi connectivity index (χ4v) is 9.88. The summed E-state index contributed by atoms with van der Waals surface area (Å²) >= 11 is 0. The molecule has 3 saturated carbocycles. The molecule has 1 aliphatic heterocycles. The third kappa shape index (κ3) is 6.00. The van der Waals surface area contributed by atoms with Gasteiger partial charge in [0.25, 0.3) is 5.91 Å². The number of ether oxygens (including phenoxy) is 1. The number of nitrogens with zero attached hydrogens (tertiary/aromatic N) is 1. The number of amides is 1. The molecule has 41 heavy (non-hydrogen) atoms. The molecule has 0 unspecified atom stereocenters. The first-order chi connectivity index (χ1) is 19.3. The summed E-state index contributed by atoms with van der Waals surface area (Å²) < 4.78 is 5.78. The van der Waals surface area contributed by atoms with Gasteiger partial charge in [0, 0.05) is 18.6 Å². The first kappa shape index (κ1) is 30.2. The zero-order valence-corrected chi connectivity index (χ0v) is 25.7. The van der Waals surface area contributed by atoms with Crippen LogP contribution < -0.4 is 5.32 Å². The lowest BCUT2D eigenvalue weighted by Gasteiger charge is -2.58. The van der Waals surface area contributed by atoms with Crippen LogP contribution in [0.3, 0.4) is 0 Å². The molecule has 0 aromatic rings. The number of hydrogen-bond acceptors (Lipinski definition) is 6. The van der Waals surface area contributed by atoms with E-state index in [1.54, 1.807) is 6.92 Å². The number of Topliss-reactive ketones (excluding diaryl/α,β-unsaturated/α-hetero) is 1. The van der Waals surface area contributed by atoms with Crippen LogP contribution in [0, 0.1) is 40.4 Å². The smallest absolute Gasteiger partial charge is 0.305 e. The molecule has 228 valence electrons. The van der Waals surface area contributed by atoms with Gasteiger partial charge in [0.05, 0.1) is 17.7 Å². The van der Waals surface area contributed by atoms with Gasteiger partial charge in [-0.15, -0.1) is 0 Å². The standard InChI is InChI=1S/C33H50N2O6/c1-20(36)25-8-9-26-24-7-6-22-16-23(10-13-32(22,4)27(24)11-14-33(25,26)5)35-41-19-29(37)34-28(17-30(38)39)21-12-15-40-31(2,3)18-21/h16,21,24-28H,6-15,17-19H2,1-5H3,(H,34,37)(H,38,39)/t21-,24-,25-,26+,27+,28+,32-,33+/m0/s1. The summed E-state index contributed by atoms with van der Waals surface area (Å²) in [7, 11) is 0. The molecule has 5 aliphatic rings. The summed E-state index contributed by atoms with van der Waals surface area (Å²) in [6.07, 6.45) is 12.2. The minimum atomic E-state index is -0.929. The molecule has 0 spiro atoms. The maximum atomic E-state index is 12.7. The predicted molar refractivity (Wildman–Crippen MR) is 156 cm³/mol. The summed E-state index contributed by atoms with van der Waals surface area (Å²) in [5.74, 6) is 1.39. The van der Waals surface area contributed by atoms with Crippen molar-refractivity contribution in [2.24, 2.45) is 45.6 Å².